The summed E-state index contributed by atoms with van der Waals surface area (Å²) >= 11 is 5.81. The van der Waals surface area contributed by atoms with E-state index in [0.29, 0.717) is 0 Å². The molecule has 4 nitrogen and oxygen atoms in total. The van der Waals surface area contributed by atoms with E-state index in [1.165, 1.54) is 16.8 Å². The number of pyridine rings is 1. The van der Waals surface area contributed by atoms with E-state index in [0.717, 1.165) is 29.5 Å². The Hall–Kier alpha value is -2.66. The van der Waals surface area contributed by atoms with Gasteiger partial charge in [-0.2, -0.15) is 0 Å². The van der Waals surface area contributed by atoms with E-state index in [1.807, 2.05) is 18.5 Å². The lowest BCUT2D eigenvalue weighted by molar-refractivity contribution is 0.293. The largest absolute Gasteiger partial charge is 0.348 e. The van der Waals surface area contributed by atoms with Gasteiger partial charge in [0.25, 0.3) is 0 Å². The zero-order valence-corrected chi connectivity index (χ0v) is 15.8. The van der Waals surface area contributed by atoms with Gasteiger partial charge < -0.3 is 14.8 Å². The highest BCUT2D eigenvalue weighted by Gasteiger charge is 2.30. The van der Waals surface area contributed by atoms with Gasteiger partial charge in [-0.05, 0) is 61.5 Å². The highest BCUT2D eigenvalue weighted by Crippen LogP contribution is 2.32. The van der Waals surface area contributed by atoms with Crippen molar-refractivity contribution in [3.63, 3.8) is 0 Å². The summed E-state index contributed by atoms with van der Waals surface area (Å²) in [6.07, 6.45) is 5.87. The number of aryl methyl sites for hydroxylation is 2. The summed E-state index contributed by atoms with van der Waals surface area (Å²) in [5, 5.41) is 4.21. The maximum Gasteiger partial charge on any atom is 0.174 e. The minimum Gasteiger partial charge on any atom is -0.348 e. The van der Waals surface area contributed by atoms with Crippen LogP contribution in [0.4, 0.5) is 5.69 Å². The number of nitrogens with zero attached hydrogens (tertiary/aromatic N) is 3. The minimum atomic E-state index is 0.0678. The van der Waals surface area contributed by atoms with Crippen LogP contribution in [0, 0.1) is 13.8 Å². The van der Waals surface area contributed by atoms with Crippen LogP contribution >= 0.6 is 12.2 Å². The molecule has 0 aliphatic carbocycles. The second-order valence-corrected chi connectivity index (χ2v) is 7.14. The van der Waals surface area contributed by atoms with Crippen molar-refractivity contribution in [2.24, 2.45) is 0 Å². The van der Waals surface area contributed by atoms with E-state index < -0.39 is 0 Å². The van der Waals surface area contributed by atoms with Crippen molar-refractivity contribution < 1.29 is 0 Å². The molecular formula is C21H22N4S. The first kappa shape index (κ1) is 16.8. The van der Waals surface area contributed by atoms with E-state index in [-0.39, 0.29) is 6.04 Å². The van der Waals surface area contributed by atoms with Crippen LogP contribution in [0.15, 0.2) is 61.1 Å². The average Bonchev–Trinajstić information content (AvgIpc) is 3.12. The molecule has 0 saturated heterocycles. The third-order valence-electron chi connectivity index (χ3n) is 4.92. The number of anilines is 1. The number of aromatic nitrogens is 2. The molecule has 0 amide bonds. The van der Waals surface area contributed by atoms with Crippen molar-refractivity contribution in [2.75, 3.05) is 11.9 Å². The zero-order chi connectivity index (χ0) is 18.1. The molecule has 0 spiro atoms. The maximum absolute atomic E-state index is 5.81. The summed E-state index contributed by atoms with van der Waals surface area (Å²) in [5.74, 6) is 0. The Morgan fingerprint density at radius 3 is 2.81 bits per heavy atom. The van der Waals surface area contributed by atoms with Crippen molar-refractivity contribution >= 4 is 23.0 Å². The number of fused-ring (bicyclic) bond motifs is 1. The Morgan fingerprint density at radius 1 is 1.15 bits per heavy atom. The third kappa shape index (κ3) is 3.10. The lowest BCUT2D eigenvalue weighted by atomic mass is 10.0. The van der Waals surface area contributed by atoms with Crippen LogP contribution in [-0.4, -0.2) is 26.1 Å². The molecule has 4 rings (SSSR count). The summed E-state index contributed by atoms with van der Waals surface area (Å²) in [7, 11) is 0. The Bertz CT molecular complexity index is 932. The molecule has 0 radical (unpaired) electrons. The second-order valence-electron chi connectivity index (χ2n) is 6.76. The third-order valence-corrected chi connectivity index (χ3v) is 5.26. The van der Waals surface area contributed by atoms with Gasteiger partial charge in [0.05, 0.1) is 6.04 Å². The second kappa shape index (κ2) is 6.92. The normalized spacial score (nSPS) is 16.2. The van der Waals surface area contributed by atoms with Crippen molar-refractivity contribution in [1.29, 1.82) is 0 Å². The fraction of sp³-hybridized carbons (Fsp3) is 0.238. The Morgan fingerprint density at radius 2 is 2.04 bits per heavy atom. The molecule has 132 valence electrons. The summed E-state index contributed by atoms with van der Waals surface area (Å²) < 4.78 is 2.30. The fourth-order valence-corrected chi connectivity index (χ4v) is 3.94. The van der Waals surface area contributed by atoms with Crippen molar-refractivity contribution in [1.82, 2.24) is 14.5 Å². The first-order chi connectivity index (χ1) is 12.6. The number of benzene rings is 1. The van der Waals surface area contributed by atoms with Gasteiger partial charge in [0.2, 0.25) is 0 Å². The quantitative estimate of drug-likeness (QED) is 0.689. The predicted molar refractivity (Wildman–Crippen MR) is 109 cm³/mol. The van der Waals surface area contributed by atoms with Gasteiger partial charge in [0.1, 0.15) is 0 Å². The number of thiocarbonyl (C=S) groups is 1. The molecule has 3 aromatic rings. The van der Waals surface area contributed by atoms with Gasteiger partial charge >= 0.3 is 0 Å². The fourth-order valence-electron chi connectivity index (χ4n) is 3.63. The van der Waals surface area contributed by atoms with Gasteiger partial charge in [-0.1, -0.05) is 23.8 Å². The Labute approximate surface area is 159 Å². The lowest BCUT2D eigenvalue weighted by Crippen LogP contribution is -2.44. The minimum absolute atomic E-state index is 0.0678. The maximum atomic E-state index is 5.81. The summed E-state index contributed by atoms with van der Waals surface area (Å²) in [4.78, 5) is 6.58. The zero-order valence-electron chi connectivity index (χ0n) is 15.0. The van der Waals surface area contributed by atoms with Crippen LogP contribution < -0.4 is 5.32 Å². The van der Waals surface area contributed by atoms with E-state index in [9.17, 15) is 0 Å². The molecule has 1 aliphatic heterocycles. The smallest absolute Gasteiger partial charge is 0.174 e. The summed E-state index contributed by atoms with van der Waals surface area (Å²) in [6.45, 7) is 6.00. The SMILES string of the molecule is Cc1ccc(NC(=S)N2CCn3cccc3[C@H]2c2cccnc2)c(C)c1. The topological polar surface area (TPSA) is 33.1 Å². The molecular weight excluding hydrogens is 340 g/mol. The van der Waals surface area contributed by atoms with Crippen molar-refractivity contribution in [3.8, 4) is 0 Å². The summed E-state index contributed by atoms with van der Waals surface area (Å²) in [5.41, 5.74) is 5.91. The molecule has 3 heterocycles. The first-order valence-corrected chi connectivity index (χ1v) is 9.24. The Balaban J connectivity index is 1.67. The van der Waals surface area contributed by atoms with Gasteiger partial charge in [0.15, 0.2) is 5.11 Å². The van der Waals surface area contributed by atoms with Crippen molar-refractivity contribution in [2.45, 2.75) is 26.4 Å². The molecule has 1 aliphatic rings. The highest BCUT2D eigenvalue weighted by molar-refractivity contribution is 7.80. The molecule has 2 aromatic heterocycles. The molecule has 0 unspecified atom stereocenters. The van der Waals surface area contributed by atoms with Crippen LogP contribution in [0.1, 0.15) is 28.4 Å². The molecule has 1 atom stereocenters. The summed E-state index contributed by atoms with van der Waals surface area (Å²) in [6, 6.07) is 14.8. The Kier molecular flexibility index (Phi) is 4.47. The van der Waals surface area contributed by atoms with Gasteiger partial charge in [-0.25, -0.2) is 0 Å². The molecule has 1 N–H and O–H groups in total. The van der Waals surface area contributed by atoms with Crippen LogP contribution in [0.3, 0.4) is 0 Å². The van der Waals surface area contributed by atoms with Gasteiger partial charge in [-0.15, -0.1) is 0 Å². The van der Waals surface area contributed by atoms with E-state index >= 15 is 0 Å². The van der Waals surface area contributed by atoms with Crippen LogP contribution in [0.25, 0.3) is 0 Å². The number of hydrogen-bond acceptors (Lipinski definition) is 2. The molecule has 0 fully saturated rings. The number of nitrogens with one attached hydrogen (secondary N) is 1. The van der Waals surface area contributed by atoms with E-state index in [2.05, 4.69) is 76.2 Å². The highest BCUT2D eigenvalue weighted by atomic mass is 32.1. The first-order valence-electron chi connectivity index (χ1n) is 8.83. The van der Waals surface area contributed by atoms with Gasteiger partial charge in [-0.3, -0.25) is 4.98 Å². The monoisotopic (exact) mass is 362 g/mol. The molecule has 0 bridgehead atoms. The van der Waals surface area contributed by atoms with E-state index in [1.54, 1.807) is 0 Å². The number of rotatable bonds is 2. The van der Waals surface area contributed by atoms with Crippen molar-refractivity contribution in [3.05, 3.63) is 83.4 Å². The van der Waals surface area contributed by atoms with Gasteiger partial charge in [0, 0.05) is 43.1 Å². The molecule has 26 heavy (non-hydrogen) atoms. The standard InChI is InChI=1S/C21H22N4S/c1-15-7-8-18(16(2)13-15)23-21(26)25-12-11-24-10-4-6-19(24)20(25)17-5-3-9-22-14-17/h3-10,13-14,20H,11-12H2,1-2H3,(H,23,26)/t20-/m1/s1. The lowest BCUT2D eigenvalue weighted by Gasteiger charge is -2.39. The number of hydrogen-bond donors (Lipinski definition) is 1. The van der Waals surface area contributed by atoms with Crippen LogP contribution in [0.2, 0.25) is 0 Å². The molecule has 1 aromatic carbocycles. The molecule has 0 saturated carbocycles. The average molecular weight is 363 g/mol. The predicted octanol–water partition coefficient (Wildman–Crippen LogP) is 4.30. The van der Waals surface area contributed by atoms with E-state index in [4.69, 9.17) is 12.2 Å². The molecule has 5 heteroatoms. The van der Waals surface area contributed by atoms with Crippen LogP contribution in [-0.2, 0) is 6.54 Å². The van der Waals surface area contributed by atoms with Crippen LogP contribution in [0.5, 0.6) is 0 Å².